The predicted molar refractivity (Wildman–Crippen MR) is 187 cm³/mol. The summed E-state index contributed by atoms with van der Waals surface area (Å²) >= 11 is 3.50. The van der Waals surface area contributed by atoms with Gasteiger partial charge in [0.25, 0.3) is 5.56 Å². The molecule has 0 radical (unpaired) electrons. The van der Waals surface area contributed by atoms with Crippen LogP contribution in [0.1, 0.15) is 36.6 Å². The Morgan fingerprint density at radius 2 is 1.78 bits per heavy atom. The van der Waals surface area contributed by atoms with Gasteiger partial charge in [0, 0.05) is 0 Å². The summed E-state index contributed by atoms with van der Waals surface area (Å²) in [6.07, 6.45) is 1.82. The van der Waals surface area contributed by atoms with Crippen molar-refractivity contribution < 1.29 is 23.7 Å². The van der Waals surface area contributed by atoms with E-state index < -0.39 is 12.0 Å². The van der Waals surface area contributed by atoms with Gasteiger partial charge in [-0.15, -0.1) is 0 Å². The Morgan fingerprint density at radius 1 is 1.02 bits per heavy atom. The topological polar surface area (TPSA) is 88.4 Å². The summed E-state index contributed by atoms with van der Waals surface area (Å²) < 4.78 is 25.7. The third-order valence-corrected chi connectivity index (χ3v) is 9.53. The lowest BCUT2D eigenvalue weighted by Gasteiger charge is -2.24. The van der Waals surface area contributed by atoms with Gasteiger partial charge in [0.2, 0.25) is 0 Å². The number of nitrogens with zero attached hydrogens (tertiary/aromatic N) is 2. The number of ether oxygens (including phenoxy) is 4. The number of allylic oxidation sites excluding steroid dienone is 1. The maximum atomic E-state index is 14.1. The molecule has 1 aliphatic heterocycles. The van der Waals surface area contributed by atoms with Crippen LogP contribution in [0.2, 0.25) is 0 Å². The highest BCUT2D eigenvalue weighted by Gasteiger charge is 2.33. The lowest BCUT2D eigenvalue weighted by Crippen LogP contribution is -2.39. The van der Waals surface area contributed by atoms with Crippen molar-refractivity contribution in [2.24, 2.45) is 4.99 Å². The fourth-order valence-electron chi connectivity index (χ4n) is 5.58. The van der Waals surface area contributed by atoms with Gasteiger partial charge in [0.1, 0.15) is 12.4 Å². The number of rotatable bonds is 9. The first kappa shape index (κ1) is 31.6. The van der Waals surface area contributed by atoms with E-state index in [2.05, 4.69) is 51.8 Å². The Morgan fingerprint density at radius 3 is 2.52 bits per heavy atom. The van der Waals surface area contributed by atoms with Crippen molar-refractivity contribution in [2.75, 3.05) is 20.8 Å². The normalized spacial score (nSPS) is 14.5. The molecule has 46 heavy (non-hydrogen) atoms. The van der Waals surface area contributed by atoms with Gasteiger partial charge in [-0.3, -0.25) is 9.36 Å². The maximum absolute atomic E-state index is 14.1. The zero-order valence-corrected chi connectivity index (χ0v) is 28.7. The van der Waals surface area contributed by atoms with Crippen molar-refractivity contribution >= 4 is 56.7 Å². The molecule has 0 fully saturated rings. The first-order chi connectivity index (χ1) is 22.3. The van der Waals surface area contributed by atoms with Crippen molar-refractivity contribution in [3.8, 4) is 17.2 Å². The van der Waals surface area contributed by atoms with E-state index >= 15 is 0 Å². The van der Waals surface area contributed by atoms with E-state index in [-0.39, 0.29) is 12.2 Å². The third kappa shape index (κ3) is 6.06. The Labute approximate surface area is 283 Å². The molecule has 10 heteroatoms. The highest BCUT2D eigenvalue weighted by molar-refractivity contribution is 14.1. The van der Waals surface area contributed by atoms with E-state index in [1.807, 2.05) is 48.5 Å². The molecule has 0 spiro atoms. The third-order valence-electron chi connectivity index (χ3n) is 7.75. The number of benzene rings is 4. The number of hydrogen-bond donors (Lipinski definition) is 0. The molecule has 4 aromatic carbocycles. The minimum Gasteiger partial charge on any atom is -0.497 e. The van der Waals surface area contributed by atoms with Crippen LogP contribution in [0.25, 0.3) is 16.8 Å². The summed E-state index contributed by atoms with van der Waals surface area (Å²) in [5.41, 5.74) is 3.17. The predicted octanol–water partition coefficient (Wildman–Crippen LogP) is 6.15. The van der Waals surface area contributed by atoms with Crippen LogP contribution in [0, 0.1) is 3.57 Å². The molecule has 1 aromatic heterocycles. The van der Waals surface area contributed by atoms with E-state index in [9.17, 15) is 9.59 Å². The van der Waals surface area contributed by atoms with Crippen molar-refractivity contribution in [3.63, 3.8) is 0 Å². The minimum atomic E-state index is -0.706. The zero-order valence-electron chi connectivity index (χ0n) is 25.7. The van der Waals surface area contributed by atoms with Gasteiger partial charge in [-0.05, 0) is 94.2 Å². The van der Waals surface area contributed by atoms with Gasteiger partial charge in [-0.1, -0.05) is 65.9 Å². The average Bonchev–Trinajstić information content (AvgIpc) is 3.36. The highest BCUT2D eigenvalue weighted by Crippen LogP contribution is 2.36. The SMILES string of the molecule is CCOC(=O)C1=C(C)N=c2s/c(=C/c3cc(I)c(OCc4cccc5ccccc45)c(OC)c3)c(=O)n2[C@@H]1c1ccc(OC)cc1. The van der Waals surface area contributed by atoms with Gasteiger partial charge < -0.3 is 18.9 Å². The number of carbonyl (C=O) groups is 1. The Bertz CT molecular complexity index is 2160. The van der Waals surface area contributed by atoms with Crippen LogP contribution >= 0.6 is 33.9 Å². The average molecular weight is 747 g/mol. The molecule has 1 atom stereocenters. The summed E-state index contributed by atoms with van der Waals surface area (Å²) in [6, 6.07) is 24.8. The lowest BCUT2D eigenvalue weighted by molar-refractivity contribution is -0.139. The Kier molecular flexibility index (Phi) is 9.27. The van der Waals surface area contributed by atoms with Gasteiger partial charge in [-0.25, -0.2) is 9.79 Å². The van der Waals surface area contributed by atoms with E-state index in [1.54, 1.807) is 44.8 Å². The standard InChI is InChI=1S/C36H31IN2O6S/c1-5-44-35(41)31-21(2)38-36-39(32(31)24-13-15-26(42-3)16-14-24)34(40)30(46-36)19-22-17-28(37)33(29(18-22)43-4)45-20-25-11-8-10-23-9-6-7-12-27(23)25/h6-19,32H,5,20H2,1-4H3/b30-19+/t32-/m1/s1. The number of fused-ring (bicyclic) bond motifs is 2. The molecule has 0 saturated carbocycles. The number of carbonyl (C=O) groups excluding carboxylic acids is 1. The fourth-order valence-corrected chi connectivity index (χ4v) is 7.40. The van der Waals surface area contributed by atoms with Gasteiger partial charge in [0.15, 0.2) is 16.3 Å². The highest BCUT2D eigenvalue weighted by atomic mass is 127. The molecule has 8 nitrogen and oxygen atoms in total. The summed E-state index contributed by atoms with van der Waals surface area (Å²) in [7, 11) is 3.19. The molecule has 0 aliphatic carbocycles. The van der Waals surface area contributed by atoms with Gasteiger partial charge in [-0.2, -0.15) is 0 Å². The number of thiazole rings is 1. The van der Waals surface area contributed by atoms with Crippen LogP contribution in [0.4, 0.5) is 0 Å². The molecule has 1 aliphatic rings. The quantitative estimate of drug-likeness (QED) is 0.133. The van der Waals surface area contributed by atoms with Crippen LogP contribution in [-0.2, 0) is 16.1 Å². The molecule has 0 N–H and O–H groups in total. The van der Waals surface area contributed by atoms with E-state index in [1.165, 1.54) is 11.3 Å². The molecule has 0 amide bonds. The van der Waals surface area contributed by atoms with Gasteiger partial charge in [0.05, 0.1) is 46.2 Å². The summed E-state index contributed by atoms with van der Waals surface area (Å²) in [5, 5.41) is 2.29. The molecular formula is C36H31IN2O6S. The second-order valence-corrected chi connectivity index (χ2v) is 12.7. The van der Waals surface area contributed by atoms with E-state index in [4.69, 9.17) is 18.9 Å². The number of aromatic nitrogens is 1. The monoisotopic (exact) mass is 746 g/mol. The summed E-state index contributed by atoms with van der Waals surface area (Å²) in [4.78, 5) is 32.4. The maximum Gasteiger partial charge on any atom is 0.338 e. The van der Waals surface area contributed by atoms with Crippen molar-refractivity contribution in [2.45, 2.75) is 26.5 Å². The molecule has 0 unspecified atom stereocenters. The van der Waals surface area contributed by atoms with Crippen LogP contribution in [-0.4, -0.2) is 31.4 Å². The zero-order chi connectivity index (χ0) is 32.4. The lowest BCUT2D eigenvalue weighted by atomic mass is 9.96. The number of hydrogen-bond acceptors (Lipinski definition) is 8. The summed E-state index contributed by atoms with van der Waals surface area (Å²) in [5.74, 6) is 1.35. The van der Waals surface area contributed by atoms with Gasteiger partial charge >= 0.3 is 5.97 Å². The molecule has 0 bridgehead atoms. The minimum absolute atomic E-state index is 0.206. The smallest absolute Gasteiger partial charge is 0.338 e. The van der Waals surface area contributed by atoms with Crippen LogP contribution < -0.4 is 29.1 Å². The van der Waals surface area contributed by atoms with Crippen LogP contribution in [0.5, 0.6) is 17.2 Å². The molecule has 234 valence electrons. The Hall–Kier alpha value is -4.42. The van der Waals surface area contributed by atoms with Crippen molar-refractivity contribution in [3.05, 3.63) is 130 Å². The first-order valence-electron chi connectivity index (χ1n) is 14.6. The number of halogens is 1. The fraction of sp³-hybridized carbons (Fsp3) is 0.194. The molecule has 0 saturated heterocycles. The van der Waals surface area contributed by atoms with Crippen LogP contribution in [0.3, 0.4) is 0 Å². The molecule has 6 rings (SSSR count). The molecule has 5 aromatic rings. The summed E-state index contributed by atoms with van der Waals surface area (Å²) in [6.45, 7) is 4.10. The van der Waals surface area contributed by atoms with Crippen molar-refractivity contribution in [1.29, 1.82) is 0 Å². The van der Waals surface area contributed by atoms with Crippen molar-refractivity contribution in [1.82, 2.24) is 4.57 Å². The Balaban J connectivity index is 1.39. The first-order valence-corrected chi connectivity index (χ1v) is 16.5. The molecule has 2 heterocycles. The van der Waals surface area contributed by atoms with E-state index in [0.29, 0.717) is 44.5 Å². The number of methoxy groups -OCH3 is 2. The number of esters is 1. The van der Waals surface area contributed by atoms with Crippen LogP contribution in [0.15, 0.2) is 99.9 Å². The molecular weight excluding hydrogens is 715 g/mol. The second kappa shape index (κ2) is 13.5. The second-order valence-electron chi connectivity index (χ2n) is 10.5. The largest absolute Gasteiger partial charge is 0.497 e. The van der Waals surface area contributed by atoms with E-state index in [0.717, 1.165) is 31.0 Å².